The Labute approximate surface area is 396 Å². The summed E-state index contributed by atoms with van der Waals surface area (Å²) in [5.41, 5.74) is 3.85. The molecule has 0 aliphatic carbocycles. The molecule has 0 amide bonds. The van der Waals surface area contributed by atoms with E-state index in [9.17, 15) is 0 Å². The molecule has 16 heteroatoms. The molecule has 0 spiro atoms. The lowest BCUT2D eigenvalue weighted by atomic mass is 10.4. The summed E-state index contributed by atoms with van der Waals surface area (Å²) in [6, 6.07) is 40.4. The molecular weight excluding hydrogens is 905 g/mol. The highest BCUT2D eigenvalue weighted by Gasteiger charge is 2.59. The Kier molecular flexibility index (Phi) is 30.2. The van der Waals surface area contributed by atoms with E-state index in [1.54, 1.807) is 0 Å². The second-order valence-electron chi connectivity index (χ2n) is 14.3. The molecule has 4 aromatic rings. The van der Waals surface area contributed by atoms with Crippen molar-refractivity contribution in [1.29, 1.82) is 0 Å². The van der Waals surface area contributed by atoms with E-state index >= 15 is 0 Å². The van der Waals surface area contributed by atoms with Gasteiger partial charge in [-0.25, -0.2) is 0 Å². The molecule has 4 rings (SSSR count). The zero-order valence-corrected chi connectivity index (χ0v) is 43.4. The van der Waals surface area contributed by atoms with Crippen LogP contribution in [0.3, 0.4) is 0 Å². The molecule has 0 radical (unpaired) electrons. The van der Waals surface area contributed by atoms with Crippen LogP contribution in [0.4, 0.5) is 0 Å². The van der Waals surface area contributed by atoms with E-state index in [-0.39, 0.29) is 29.7 Å². The standard InChI is InChI=1S/2C22H34O5Si3.4CH4/c2*1-7-23-30(24-8-2,25-9-3)27-29(26-28(5,6)10-4,21-17-13-11-14-18-21)22-19-15-12-16-20-22;;;;/h2*10-20H,4,7-9H2,1-3,5-6H3;4*1H4. The minimum absolute atomic E-state index is 0. The molecule has 0 N–H and O–H groups in total. The predicted octanol–water partition coefficient (Wildman–Crippen LogP) is 10.0. The largest absolute Gasteiger partial charge is 0.671 e. The first-order valence-corrected chi connectivity index (χ1v) is 33.7. The van der Waals surface area contributed by atoms with E-state index in [4.69, 9.17) is 43.0 Å². The number of hydrogen-bond donors (Lipinski definition) is 0. The maximum absolute atomic E-state index is 6.97. The van der Waals surface area contributed by atoms with Gasteiger partial charge in [-0.05, 0) is 88.5 Å². The topological polar surface area (TPSA) is 92.3 Å². The van der Waals surface area contributed by atoms with Crippen LogP contribution < -0.4 is 20.7 Å². The van der Waals surface area contributed by atoms with Crippen LogP contribution in [-0.4, -0.2) is 91.5 Å². The fraction of sp³-hybridized carbons (Fsp3) is 0.417. The van der Waals surface area contributed by atoms with E-state index in [1.165, 1.54) is 0 Å². The van der Waals surface area contributed by atoms with Gasteiger partial charge in [0.25, 0.3) is 0 Å². The van der Waals surface area contributed by atoms with Crippen molar-refractivity contribution in [2.75, 3.05) is 39.6 Å². The van der Waals surface area contributed by atoms with Crippen LogP contribution in [-0.2, 0) is 43.0 Å². The van der Waals surface area contributed by atoms with Gasteiger partial charge in [-0.3, -0.25) is 0 Å². The Morgan fingerprint density at radius 1 is 0.344 bits per heavy atom. The fourth-order valence-electron chi connectivity index (χ4n) is 6.14. The number of hydrogen-bond acceptors (Lipinski definition) is 10. The second kappa shape index (κ2) is 30.5. The van der Waals surface area contributed by atoms with Gasteiger partial charge in [0.2, 0.25) is 16.6 Å². The molecule has 0 heterocycles. The number of benzene rings is 4. The Bertz CT molecular complexity index is 1560. The van der Waals surface area contributed by atoms with E-state index < -0.39 is 51.9 Å². The second-order valence-corrected chi connectivity index (χ2v) is 33.3. The first kappa shape index (κ1) is 63.3. The SMILES string of the molecule is C.C.C.C.C=C[Si](C)(C)O[Si](O[Si](OCC)(OCC)OCC)(c1ccccc1)c1ccccc1.C=C[Si](C)(C)O[Si](O[Si](OCC)(OCC)OCC)(c1ccccc1)c1ccccc1. The van der Waals surface area contributed by atoms with Crippen LogP contribution in [0, 0.1) is 0 Å². The molecule has 0 aliphatic rings. The summed E-state index contributed by atoms with van der Waals surface area (Å²) >= 11 is 0. The quantitative estimate of drug-likeness (QED) is 0.0567. The van der Waals surface area contributed by atoms with Crippen LogP contribution in [0.25, 0.3) is 0 Å². The molecule has 0 unspecified atom stereocenters. The highest BCUT2D eigenvalue weighted by Crippen LogP contribution is 2.26. The normalized spacial score (nSPS) is 11.9. The zero-order valence-electron chi connectivity index (χ0n) is 37.4. The van der Waals surface area contributed by atoms with Crippen molar-refractivity contribution in [3.8, 4) is 0 Å². The van der Waals surface area contributed by atoms with Gasteiger partial charge in [0.15, 0.2) is 0 Å². The van der Waals surface area contributed by atoms with Crippen molar-refractivity contribution >= 4 is 72.6 Å². The molecule has 10 nitrogen and oxygen atoms in total. The first-order valence-electron chi connectivity index (χ1n) is 20.9. The van der Waals surface area contributed by atoms with E-state index in [0.717, 1.165) is 20.7 Å². The van der Waals surface area contributed by atoms with Gasteiger partial charge in [0.05, 0.1) is 0 Å². The molecule has 0 aromatic heterocycles. The van der Waals surface area contributed by atoms with Gasteiger partial charge >= 0.3 is 35.2 Å². The lowest BCUT2D eigenvalue weighted by molar-refractivity contribution is 0.00226. The smallest absolute Gasteiger partial charge is 0.426 e. The Hall–Kier alpha value is -2.74. The van der Waals surface area contributed by atoms with E-state index in [2.05, 4.69) is 87.9 Å². The van der Waals surface area contributed by atoms with Crippen molar-refractivity contribution in [1.82, 2.24) is 0 Å². The van der Waals surface area contributed by atoms with Crippen molar-refractivity contribution in [2.24, 2.45) is 0 Å². The average molecular weight is 990 g/mol. The maximum Gasteiger partial charge on any atom is 0.671 e. The molecule has 0 saturated heterocycles. The lowest BCUT2D eigenvalue weighted by Crippen LogP contribution is -2.72. The summed E-state index contributed by atoms with van der Waals surface area (Å²) in [5.74, 6) is 0. The average Bonchev–Trinajstić information content (AvgIpc) is 3.25. The molecule has 0 fully saturated rings. The van der Waals surface area contributed by atoms with Crippen LogP contribution in [0.1, 0.15) is 71.2 Å². The Morgan fingerprint density at radius 2 is 0.531 bits per heavy atom. The van der Waals surface area contributed by atoms with Gasteiger partial charge in [0.1, 0.15) is 0 Å². The van der Waals surface area contributed by atoms with Crippen molar-refractivity contribution in [2.45, 2.75) is 97.4 Å². The Balaban J connectivity index is 0. The Morgan fingerprint density at radius 3 is 0.688 bits per heavy atom. The molecule has 4 aromatic carbocycles. The van der Waals surface area contributed by atoms with Crippen LogP contribution >= 0.6 is 0 Å². The van der Waals surface area contributed by atoms with Crippen LogP contribution in [0.15, 0.2) is 146 Å². The minimum atomic E-state index is -3.48. The summed E-state index contributed by atoms with van der Waals surface area (Å²) in [6.07, 6.45) is 0. The number of rotatable bonds is 26. The summed E-state index contributed by atoms with van der Waals surface area (Å²) in [4.78, 5) is 0. The van der Waals surface area contributed by atoms with Gasteiger partial charge in [0, 0.05) is 39.6 Å². The van der Waals surface area contributed by atoms with Gasteiger partial charge in [-0.15, -0.1) is 13.2 Å². The highest BCUT2D eigenvalue weighted by molar-refractivity contribution is 7.02. The molecule has 64 heavy (non-hydrogen) atoms. The van der Waals surface area contributed by atoms with Gasteiger partial charge in [-0.1, -0.05) is 162 Å². The molecule has 0 bridgehead atoms. The van der Waals surface area contributed by atoms with E-state index in [0.29, 0.717) is 39.6 Å². The van der Waals surface area contributed by atoms with Crippen molar-refractivity contribution in [3.63, 3.8) is 0 Å². The molecule has 0 saturated carbocycles. The molecular formula is C48H84O10Si6. The third-order valence-electron chi connectivity index (χ3n) is 8.88. The summed E-state index contributed by atoms with van der Waals surface area (Å²) in [6.45, 7) is 30.5. The monoisotopic (exact) mass is 988 g/mol. The summed E-state index contributed by atoms with van der Waals surface area (Å²) in [7, 11) is -18.1. The predicted molar refractivity (Wildman–Crippen MR) is 284 cm³/mol. The van der Waals surface area contributed by atoms with Gasteiger partial charge < -0.3 is 43.0 Å². The molecule has 0 atom stereocenters. The van der Waals surface area contributed by atoms with Crippen LogP contribution in [0.2, 0.25) is 26.2 Å². The molecule has 360 valence electrons. The maximum atomic E-state index is 6.97. The van der Waals surface area contributed by atoms with Gasteiger partial charge in [-0.2, -0.15) is 0 Å². The van der Waals surface area contributed by atoms with E-state index in [1.807, 2.05) is 126 Å². The third-order valence-corrected chi connectivity index (χ3v) is 29.9. The molecule has 0 aliphatic heterocycles. The fourth-order valence-corrected chi connectivity index (χ4v) is 27.6. The summed E-state index contributed by atoms with van der Waals surface area (Å²) < 4.78 is 64.3. The van der Waals surface area contributed by atoms with Crippen molar-refractivity contribution < 1.29 is 43.0 Å². The zero-order chi connectivity index (χ0) is 44.2. The first-order chi connectivity index (χ1) is 28.7. The third kappa shape index (κ3) is 17.5. The van der Waals surface area contributed by atoms with Crippen LogP contribution in [0.5, 0.6) is 0 Å². The highest BCUT2D eigenvalue weighted by atomic mass is 28.5. The summed E-state index contributed by atoms with van der Waals surface area (Å²) in [5, 5.41) is 3.92. The lowest BCUT2D eigenvalue weighted by Gasteiger charge is -2.41. The minimum Gasteiger partial charge on any atom is -0.426 e. The van der Waals surface area contributed by atoms with Crippen molar-refractivity contribution in [3.05, 3.63) is 146 Å².